The number of anilines is 1. The minimum Gasteiger partial charge on any atom is -0.335 e. The van der Waals surface area contributed by atoms with E-state index in [1.807, 2.05) is 36.4 Å². The summed E-state index contributed by atoms with van der Waals surface area (Å²) in [5, 5.41) is 5.05. The Balaban J connectivity index is 1.31. The van der Waals surface area contributed by atoms with E-state index in [4.69, 9.17) is 0 Å². The fraction of sp³-hybridized carbons (Fsp3) is 0.171. The Hall–Kier alpha value is -3.56. The van der Waals surface area contributed by atoms with Gasteiger partial charge in [-0.05, 0) is 63.7 Å². The topological polar surface area (TPSA) is 116 Å². The molecule has 0 saturated carbocycles. The third kappa shape index (κ3) is 7.22. The molecule has 0 radical (unpaired) electrons. The number of aromatic nitrogens is 1. The Kier molecular flexibility index (Phi) is 9.20. The molecule has 0 atom stereocenters. The van der Waals surface area contributed by atoms with Crippen molar-refractivity contribution in [2.24, 2.45) is 0 Å². The van der Waals surface area contributed by atoms with E-state index < -0.39 is 20.2 Å². The third-order valence-electron chi connectivity index (χ3n) is 8.17. The molecule has 6 aromatic rings. The van der Waals surface area contributed by atoms with E-state index in [1.165, 1.54) is 10.1 Å². The van der Waals surface area contributed by atoms with Crippen molar-refractivity contribution in [2.45, 2.75) is 24.3 Å². The summed E-state index contributed by atoms with van der Waals surface area (Å²) in [5.74, 6) is -0.709. The lowest BCUT2D eigenvalue weighted by Gasteiger charge is -2.20. The molecule has 8 nitrogen and oxygen atoms in total. The minimum absolute atomic E-state index is 0.224. The average Bonchev–Trinajstić information content (AvgIpc) is 3.76. The van der Waals surface area contributed by atoms with Crippen LogP contribution in [0.25, 0.3) is 48.6 Å². The standard InChI is InChI=1S/C35H30N2O6S5/c38-47(39,40)19-5-16-36-29-21-26(24-7-2-1-3-8-24)11-13-31(29)45-33(36)23-34-37(17-6-20-48(41,42)43)30-22-27(12-14-32(30)46-34)28-10-4-9-25-15-18-44-35(25)28/h1-4,7-15,18,21-23H,5-6,16-17,19-20H2,(H-,38,39,40,41,42,43)/p+1. The van der Waals surface area contributed by atoms with Gasteiger partial charge in [0.2, 0.25) is 5.52 Å². The molecule has 246 valence electrons. The molecule has 0 fully saturated rings. The lowest BCUT2D eigenvalue weighted by molar-refractivity contribution is -0.668. The van der Waals surface area contributed by atoms with Crippen LogP contribution in [0.2, 0.25) is 0 Å². The lowest BCUT2D eigenvalue weighted by Crippen LogP contribution is -2.36. The van der Waals surface area contributed by atoms with Crippen LogP contribution in [0.5, 0.6) is 0 Å². The molecular formula is C35H31N2O6S5+. The zero-order chi connectivity index (χ0) is 33.5. The number of thiazole rings is 1. The van der Waals surface area contributed by atoms with E-state index in [0.29, 0.717) is 13.1 Å². The molecule has 1 aliphatic heterocycles. The van der Waals surface area contributed by atoms with Crippen LogP contribution in [-0.4, -0.2) is 44.0 Å². The van der Waals surface area contributed by atoms with Crippen LogP contribution in [0.3, 0.4) is 0 Å². The smallest absolute Gasteiger partial charge is 0.265 e. The first-order chi connectivity index (χ1) is 23.0. The summed E-state index contributed by atoms with van der Waals surface area (Å²) in [5.41, 5.74) is 6.19. The Labute approximate surface area is 291 Å². The van der Waals surface area contributed by atoms with Gasteiger partial charge in [0.05, 0.1) is 28.3 Å². The highest BCUT2D eigenvalue weighted by Crippen LogP contribution is 2.49. The maximum Gasteiger partial charge on any atom is 0.265 e. The molecule has 0 saturated heterocycles. The second-order valence-corrected chi connectivity index (χ2v) is 17.7. The number of rotatable bonds is 11. The maximum atomic E-state index is 11.7. The van der Waals surface area contributed by atoms with Gasteiger partial charge in [-0.1, -0.05) is 83.8 Å². The molecule has 0 aliphatic carbocycles. The van der Waals surface area contributed by atoms with Crippen LogP contribution in [0.4, 0.5) is 5.69 Å². The number of nitrogens with zero attached hydrogens (tertiary/aromatic N) is 2. The van der Waals surface area contributed by atoms with Crippen molar-refractivity contribution in [1.82, 2.24) is 0 Å². The van der Waals surface area contributed by atoms with Crippen molar-refractivity contribution in [3.05, 3.63) is 106 Å². The zero-order valence-corrected chi connectivity index (χ0v) is 29.6. The number of hydrogen-bond acceptors (Lipinski definition) is 8. The fourth-order valence-electron chi connectivity index (χ4n) is 5.99. The predicted molar refractivity (Wildman–Crippen MR) is 198 cm³/mol. The average molecular weight is 736 g/mol. The minimum atomic E-state index is -4.14. The van der Waals surface area contributed by atoms with Gasteiger partial charge in [-0.15, -0.1) is 11.3 Å². The molecule has 7 rings (SSSR count). The molecular weight excluding hydrogens is 705 g/mol. The van der Waals surface area contributed by atoms with E-state index >= 15 is 0 Å². The SMILES string of the molecule is O=S(=O)(O)CCCN1C(=Cc2sc3ccc(-c4ccccc4)cc3[n+]2CCCS(=O)(=O)O)Sc2ccc(-c3cccc4ccsc34)cc21. The number of hydrogen-bond donors (Lipinski definition) is 2. The van der Waals surface area contributed by atoms with Crippen molar-refractivity contribution in [2.75, 3.05) is 23.0 Å². The van der Waals surface area contributed by atoms with Gasteiger partial charge in [0.25, 0.3) is 25.2 Å². The van der Waals surface area contributed by atoms with E-state index in [1.54, 1.807) is 34.4 Å². The second kappa shape index (κ2) is 13.4. The summed E-state index contributed by atoms with van der Waals surface area (Å²) < 4.78 is 69.8. The highest BCUT2D eigenvalue weighted by Gasteiger charge is 2.29. The molecule has 4 aromatic carbocycles. The van der Waals surface area contributed by atoms with Crippen LogP contribution in [0.15, 0.2) is 106 Å². The summed E-state index contributed by atoms with van der Waals surface area (Å²) in [6.07, 6.45) is 2.52. The van der Waals surface area contributed by atoms with E-state index in [2.05, 4.69) is 75.5 Å². The summed E-state index contributed by atoms with van der Waals surface area (Å²) in [7, 11) is -8.26. The molecule has 0 bridgehead atoms. The molecule has 13 heteroatoms. The van der Waals surface area contributed by atoms with Crippen molar-refractivity contribution in [3.63, 3.8) is 0 Å². The fourth-order valence-corrected chi connectivity index (χ4v) is 10.2. The molecule has 3 heterocycles. The van der Waals surface area contributed by atoms with Gasteiger partial charge < -0.3 is 4.90 Å². The van der Waals surface area contributed by atoms with Crippen molar-refractivity contribution in [1.29, 1.82) is 0 Å². The first-order valence-corrected chi connectivity index (χ1v) is 21.0. The second-order valence-electron chi connectivity index (χ2n) is 11.5. The molecule has 0 spiro atoms. The van der Waals surface area contributed by atoms with Crippen LogP contribution >= 0.6 is 34.4 Å². The molecule has 48 heavy (non-hydrogen) atoms. The van der Waals surface area contributed by atoms with E-state index in [-0.39, 0.29) is 24.3 Å². The third-order valence-corrected chi connectivity index (χ3v) is 13.0. The highest BCUT2D eigenvalue weighted by atomic mass is 32.2. The molecule has 0 amide bonds. The maximum absolute atomic E-state index is 11.7. The zero-order valence-electron chi connectivity index (χ0n) is 25.5. The summed E-state index contributed by atoms with van der Waals surface area (Å²) in [4.78, 5) is 3.13. The first-order valence-electron chi connectivity index (χ1n) is 15.2. The first kappa shape index (κ1) is 33.0. The van der Waals surface area contributed by atoms with Crippen LogP contribution in [-0.2, 0) is 26.8 Å². The van der Waals surface area contributed by atoms with Gasteiger partial charge in [0, 0.05) is 28.6 Å². The molecule has 1 aliphatic rings. The summed E-state index contributed by atoms with van der Waals surface area (Å²) >= 11 is 4.87. The van der Waals surface area contributed by atoms with Gasteiger partial charge in [-0.2, -0.15) is 21.4 Å². The van der Waals surface area contributed by atoms with E-state index in [0.717, 1.165) is 53.1 Å². The van der Waals surface area contributed by atoms with Gasteiger partial charge >= 0.3 is 0 Å². The van der Waals surface area contributed by atoms with Gasteiger partial charge in [0.1, 0.15) is 4.70 Å². The summed E-state index contributed by atoms with van der Waals surface area (Å²) in [6.45, 7) is 0.733. The van der Waals surface area contributed by atoms with Gasteiger partial charge in [0.15, 0.2) is 6.54 Å². The number of fused-ring (bicyclic) bond motifs is 3. The largest absolute Gasteiger partial charge is 0.335 e. The highest BCUT2D eigenvalue weighted by molar-refractivity contribution is 8.04. The number of thiophene rings is 1. The van der Waals surface area contributed by atoms with Crippen molar-refractivity contribution >= 4 is 86.7 Å². The Morgan fingerprint density at radius 1 is 0.771 bits per heavy atom. The normalized spacial score (nSPS) is 14.4. The predicted octanol–water partition coefficient (Wildman–Crippen LogP) is 8.20. The molecule has 2 aromatic heterocycles. The Morgan fingerprint density at radius 2 is 1.54 bits per heavy atom. The van der Waals surface area contributed by atoms with Crippen molar-refractivity contribution < 1.29 is 30.5 Å². The number of benzene rings is 4. The summed E-state index contributed by atoms with van der Waals surface area (Å²) in [6, 6.07) is 31.0. The van der Waals surface area contributed by atoms with Gasteiger partial charge in [-0.25, -0.2) is 0 Å². The Morgan fingerprint density at radius 3 is 2.33 bits per heavy atom. The van der Waals surface area contributed by atoms with Gasteiger partial charge in [-0.3, -0.25) is 9.11 Å². The number of aryl methyl sites for hydroxylation is 1. The van der Waals surface area contributed by atoms with Crippen LogP contribution in [0.1, 0.15) is 17.8 Å². The lowest BCUT2D eigenvalue weighted by atomic mass is 10.0. The van der Waals surface area contributed by atoms with E-state index in [9.17, 15) is 25.9 Å². The Bertz CT molecular complexity index is 2400. The number of thioether (sulfide) groups is 1. The quantitative estimate of drug-likeness (QED) is 0.101. The monoisotopic (exact) mass is 735 g/mol. The van der Waals surface area contributed by atoms with Crippen LogP contribution < -0.4 is 9.47 Å². The van der Waals surface area contributed by atoms with Crippen LogP contribution in [0, 0.1) is 0 Å². The molecule has 0 unspecified atom stereocenters. The van der Waals surface area contributed by atoms with Crippen molar-refractivity contribution in [3.8, 4) is 22.3 Å². The molecule has 2 N–H and O–H groups in total.